The van der Waals surface area contributed by atoms with Gasteiger partial charge in [-0.2, -0.15) is 0 Å². The van der Waals surface area contributed by atoms with Crippen LogP contribution in [0.3, 0.4) is 0 Å². The molecule has 0 aliphatic carbocycles. The summed E-state index contributed by atoms with van der Waals surface area (Å²) >= 11 is 0. The maximum atomic E-state index is 12.7. The SMILES string of the molecule is CC(C)(C)c1ccc(C(=O)NCC(c2cccnc2)N2CCOCC2)cc1. The molecule has 1 aliphatic rings. The number of nitrogens with one attached hydrogen (secondary N) is 1. The standard InChI is InChI=1S/C22H29N3O2/c1-22(2,3)19-8-6-17(7-9-19)21(26)24-16-20(18-5-4-10-23-15-18)25-11-13-27-14-12-25/h4-10,15,20H,11-14,16H2,1-3H3,(H,24,26). The van der Waals surface area contributed by atoms with Gasteiger partial charge in [0.15, 0.2) is 0 Å². The van der Waals surface area contributed by atoms with E-state index in [0.29, 0.717) is 12.1 Å². The number of aromatic nitrogens is 1. The van der Waals surface area contributed by atoms with Crippen LogP contribution < -0.4 is 5.32 Å². The predicted molar refractivity (Wildman–Crippen MR) is 107 cm³/mol. The lowest BCUT2D eigenvalue weighted by atomic mass is 9.87. The van der Waals surface area contributed by atoms with Crippen molar-refractivity contribution in [1.82, 2.24) is 15.2 Å². The van der Waals surface area contributed by atoms with Crippen molar-refractivity contribution in [3.63, 3.8) is 0 Å². The van der Waals surface area contributed by atoms with Gasteiger partial charge in [0.2, 0.25) is 0 Å². The van der Waals surface area contributed by atoms with Crippen molar-refractivity contribution in [1.29, 1.82) is 0 Å². The van der Waals surface area contributed by atoms with Crippen LogP contribution >= 0.6 is 0 Å². The number of ether oxygens (including phenoxy) is 1. The van der Waals surface area contributed by atoms with E-state index in [4.69, 9.17) is 4.74 Å². The van der Waals surface area contributed by atoms with Gasteiger partial charge in [0.05, 0.1) is 19.3 Å². The molecule has 1 aliphatic heterocycles. The average Bonchev–Trinajstić information content (AvgIpc) is 2.69. The molecule has 3 rings (SSSR count). The molecule has 1 unspecified atom stereocenters. The van der Waals surface area contributed by atoms with E-state index in [2.05, 4.69) is 42.0 Å². The van der Waals surface area contributed by atoms with Crippen LogP contribution in [0, 0.1) is 0 Å². The zero-order chi connectivity index (χ0) is 19.3. The van der Waals surface area contributed by atoms with Gasteiger partial charge in [-0.25, -0.2) is 0 Å². The van der Waals surface area contributed by atoms with Crippen molar-refractivity contribution >= 4 is 5.91 Å². The van der Waals surface area contributed by atoms with Gasteiger partial charge in [0.1, 0.15) is 0 Å². The Morgan fingerprint density at radius 2 is 1.89 bits per heavy atom. The molecule has 5 heteroatoms. The van der Waals surface area contributed by atoms with Crippen LogP contribution in [-0.2, 0) is 10.2 Å². The molecule has 0 radical (unpaired) electrons. The lowest BCUT2D eigenvalue weighted by Crippen LogP contribution is -2.43. The van der Waals surface area contributed by atoms with E-state index in [0.717, 1.165) is 31.9 Å². The van der Waals surface area contributed by atoms with E-state index in [9.17, 15) is 4.79 Å². The quantitative estimate of drug-likeness (QED) is 0.882. The van der Waals surface area contributed by atoms with Crippen molar-refractivity contribution in [3.05, 3.63) is 65.5 Å². The molecule has 1 atom stereocenters. The Morgan fingerprint density at radius 1 is 1.19 bits per heavy atom. The van der Waals surface area contributed by atoms with Crippen molar-refractivity contribution in [2.75, 3.05) is 32.8 Å². The number of benzene rings is 1. The topological polar surface area (TPSA) is 54.5 Å². The number of hydrogen-bond acceptors (Lipinski definition) is 4. The molecule has 1 amide bonds. The van der Waals surface area contributed by atoms with E-state index >= 15 is 0 Å². The van der Waals surface area contributed by atoms with Crippen LogP contribution in [0.25, 0.3) is 0 Å². The minimum atomic E-state index is -0.0439. The van der Waals surface area contributed by atoms with Crippen molar-refractivity contribution < 1.29 is 9.53 Å². The lowest BCUT2D eigenvalue weighted by Gasteiger charge is -2.34. The first-order chi connectivity index (χ1) is 12.9. The number of pyridine rings is 1. The Morgan fingerprint density at radius 3 is 2.48 bits per heavy atom. The fourth-order valence-corrected chi connectivity index (χ4v) is 3.33. The number of nitrogens with zero attached hydrogens (tertiary/aromatic N) is 2. The molecular weight excluding hydrogens is 338 g/mol. The van der Waals surface area contributed by atoms with Crippen LogP contribution in [0.2, 0.25) is 0 Å². The molecule has 1 aromatic heterocycles. The number of carbonyl (C=O) groups excluding carboxylic acids is 1. The van der Waals surface area contributed by atoms with Gasteiger partial charge in [0.25, 0.3) is 5.91 Å². The van der Waals surface area contributed by atoms with Crippen molar-refractivity contribution in [3.8, 4) is 0 Å². The van der Waals surface area contributed by atoms with Crippen molar-refractivity contribution in [2.45, 2.75) is 32.2 Å². The summed E-state index contributed by atoms with van der Waals surface area (Å²) in [5.74, 6) is -0.0439. The molecule has 144 valence electrons. The molecule has 0 spiro atoms. The molecule has 1 fully saturated rings. The summed E-state index contributed by atoms with van der Waals surface area (Å²) in [7, 11) is 0. The summed E-state index contributed by atoms with van der Waals surface area (Å²) in [6, 6.07) is 12.0. The zero-order valence-corrected chi connectivity index (χ0v) is 16.4. The second kappa shape index (κ2) is 8.63. The third-order valence-corrected chi connectivity index (χ3v) is 5.02. The minimum Gasteiger partial charge on any atom is -0.379 e. The molecular formula is C22H29N3O2. The highest BCUT2D eigenvalue weighted by molar-refractivity contribution is 5.94. The van der Waals surface area contributed by atoms with Gasteiger partial charge < -0.3 is 10.1 Å². The van der Waals surface area contributed by atoms with Crippen molar-refractivity contribution in [2.24, 2.45) is 0 Å². The molecule has 5 nitrogen and oxygen atoms in total. The third-order valence-electron chi connectivity index (χ3n) is 5.02. The summed E-state index contributed by atoms with van der Waals surface area (Å²) in [6.07, 6.45) is 3.65. The number of carbonyl (C=O) groups is 1. The average molecular weight is 367 g/mol. The summed E-state index contributed by atoms with van der Waals surface area (Å²) in [6.45, 7) is 10.2. The molecule has 0 bridgehead atoms. The molecule has 0 saturated carbocycles. The molecule has 2 heterocycles. The smallest absolute Gasteiger partial charge is 0.251 e. The van der Waals surface area contributed by atoms with E-state index in [-0.39, 0.29) is 17.4 Å². The van der Waals surface area contributed by atoms with Gasteiger partial charge >= 0.3 is 0 Å². The van der Waals surface area contributed by atoms with Crippen LogP contribution in [-0.4, -0.2) is 48.6 Å². The Labute approximate surface area is 161 Å². The monoisotopic (exact) mass is 367 g/mol. The van der Waals surface area contributed by atoms with E-state index in [1.54, 1.807) is 6.20 Å². The van der Waals surface area contributed by atoms with E-state index < -0.39 is 0 Å². The number of amides is 1. The second-order valence-corrected chi connectivity index (χ2v) is 7.99. The number of morpholine rings is 1. The Hall–Kier alpha value is -2.24. The lowest BCUT2D eigenvalue weighted by molar-refractivity contribution is 0.0161. The Kier molecular flexibility index (Phi) is 6.24. The highest BCUT2D eigenvalue weighted by Crippen LogP contribution is 2.23. The fraction of sp³-hybridized carbons (Fsp3) is 0.455. The summed E-state index contributed by atoms with van der Waals surface area (Å²) in [5, 5.41) is 3.10. The highest BCUT2D eigenvalue weighted by Gasteiger charge is 2.23. The number of hydrogen-bond donors (Lipinski definition) is 1. The molecule has 1 saturated heterocycles. The third kappa shape index (κ3) is 5.15. The number of rotatable bonds is 5. The molecule has 2 aromatic rings. The summed E-state index contributed by atoms with van der Waals surface area (Å²) in [4.78, 5) is 19.3. The summed E-state index contributed by atoms with van der Waals surface area (Å²) < 4.78 is 5.47. The first-order valence-corrected chi connectivity index (χ1v) is 9.55. The first-order valence-electron chi connectivity index (χ1n) is 9.55. The van der Waals surface area contributed by atoms with Crippen LogP contribution in [0.5, 0.6) is 0 Å². The van der Waals surface area contributed by atoms with Gasteiger partial charge in [-0.1, -0.05) is 39.0 Å². The van der Waals surface area contributed by atoms with E-state index in [1.807, 2.05) is 36.5 Å². The van der Waals surface area contributed by atoms with Crippen LogP contribution in [0.4, 0.5) is 0 Å². The normalized spacial score (nSPS) is 16.7. The van der Waals surface area contributed by atoms with Crippen LogP contribution in [0.15, 0.2) is 48.8 Å². The fourth-order valence-electron chi connectivity index (χ4n) is 3.33. The predicted octanol–water partition coefficient (Wildman–Crippen LogP) is 3.18. The van der Waals surface area contributed by atoms with Crippen LogP contribution in [0.1, 0.15) is 48.3 Å². The van der Waals surface area contributed by atoms with Gasteiger partial charge in [-0.3, -0.25) is 14.7 Å². The van der Waals surface area contributed by atoms with Gasteiger partial charge in [-0.05, 0) is 34.7 Å². The van der Waals surface area contributed by atoms with Gasteiger partial charge in [-0.15, -0.1) is 0 Å². The van der Waals surface area contributed by atoms with E-state index in [1.165, 1.54) is 5.56 Å². The largest absolute Gasteiger partial charge is 0.379 e. The molecule has 1 N–H and O–H groups in total. The first kappa shape index (κ1) is 19.5. The molecule has 1 aromatic carbocycles. The minimum absolute atomic E-state index is 0.0439. The maximum Gasteiger partial charge on any atom is 0.251 e. The zero-order valence-electron chi connectivity index (χ0n) is 16.4. The Balaban J connectivity index is 1.68. The molecule has 27 heavy (non-hydrogen) atoms. The summed E-state index contributed by atoms with van der Waals surface area (Å²) in [5.41, 5.74) is 3.11. The Bertz CT molecular complexity index is 732. The maximum absolute atomic E-state index is 12.7. The highest BCUT2D eigenvalue weighted by atomic mass is 16.5. The second-order valence-electron chi connectivity index (χ2n) is 7.99. The van der Waals surface area contributed by atoms with Gasteiger partial charge in [0, 0.05) is 37.6 Å².